The van der Waals surface area contributed by atoms with Gasteiger partial charge in [-0.3, -0.25) is 9.88 Å². The number of likely N-dealkylation sites (tertiary alicyclic amines) is 1. The minimum Gasteiger partial charge on any atom is -0.320 e. The Kier molecular flexibility index (Phi) is 7.43. The zero-order valence-corrected chi connectivity index (χ0v) is 15.2. The Hall–Kier alpha value is -1.01. The third kappa shape index (κ3) is 5.24. The van der Waals surface area contributed by atoms with Crippen molar-refractivity contribution in [1.82, 2.24) is 20.2 Å². The summed E-state index contributed by atoms with van der Waals surface area (Å²) in [4.78, 5) is 11.7. The Morgan fingerprint density at radius 2 is 2.13 bits per heavy atom. The van der Waals surface area contributed by atoms with Gasteiger partial charge in [0.05, 0.1) is 11.4 Å². The van der Waals surface area contributed by atoms with E-state index in [9.17, 15) is 0 Å². The van der Waals surface area contributed by atoms with Crippen LogP contribution in [0.25, 0.3) is 10.7 Å². The summed E-state index contributed by atoms with van der Waals surface area (Å²) in [7, 11) is 2.04. The van der Waals surface area contributed by atoms with Crippen LogP contribution < -0.4 is 5.32 Å². The normalized spacial score (nSPS) is 16.2. The van der Waals surface area contributed by atoms with E-state index in [2.05, 4.69) is 20.6 Å². The largest absolute Gasteiger partial charge is 0.320 e. The highest BCUT2D eigenvalue weighted by Crippen LogP contribution is 2.24. The molecular formula is C17H25ClN4S. The van der Waals surface area contributed by atoms with E-state index in [0.717, 1.165) is 29.7 Å². The predicted molar refractivity (Wildman–Crippen MR) is 99.1 cm³/mol. The summed E-state index contributed by atoms with van der Waals surface area (Å²) < 4.78 is 0. The van der Waals surface area contributed by atoms with Crippen molar-refractivity contribution in [3.8, 4) is 10.7 Å². The quantitative estimate of drug-likeness (QED) is 0.864. The molecule has 2 aromatic heterocycles. The summed E-state index contributed by atoms with van der Waals surface area (Å²) in [6.45, 7) is 4.52. The molecule has 1 saturated heterocycles. The van der Waals surface area contributed by atoms with Crippen LogP contribution in [0.15, 0.2) is 29.8 Å². The van der Waals surface area contributed by atoms with E-state index < -0.39 is 0 Å². The van der Waals surface area contributed by atoms with Crippen LogP contribution >= 0.6 is 23.7 Å². The van der Waals surface area contributed by atoms with Gasteiger partial charge in [0.15, 0.2) is 0 Å². The number of thiazole rings is 1. The smallest absolute Gasteiger partial charge is 0.142 e. The van der Waals surface area contributed by atoms with Gasteiger partial charge in [0, 0.05) is 18.1 Å². The van der Waals surface area contributed by atoms with Crippen LogP contribution in [0.2, 0.25) is 0 Å². The number of halogens is 1. The van der Waals surface area contributed by atoms with Crippen molar-refractivity contribution < 1.29 is 0 Å². The number of aromatic nitrogens is 2. The van der Waals surface area contributed by atoms with Gasteiger partial charge in [0.1, 0.15) is 5.01 Å². The third-order valence-corrected chi connectivity index (χ3v) is 5.24. The van der Waals surface area contributed by atoms with Crippen LogP contribution in [0.3, 0.4) is 0 Å². The third-order valence-electron chi connectivity index (χ3n) is 4.33. The van der Waals surface area contributed by atoms with E-state index in [4.69, 9.17) is 4.98 Å². The van der Waals surface area contributed by atoms with Crippen LogP contribution in [0.4, 0.5) is 0 Å². The summed E-state index contributed by atoms with van der Waals surface area (Å²) in [6.07, 6.45) is 5.77. The number of hydrogen-bond acceptors (Lipinski definition) is 5. The van der Waals surface area contributed by atoms with Crippen LogP contribution in [-0.4, -0.2) is 41.5 Å². The molecule has 3 rings (SSSR count). The minimum absolute atomic E-state index is 0. The lowest BCUT2D eigenvalue weighted by atomic mass is 9.93. The number of nitrogens with one attached hydrogen (secondary N) is 1. The lowest BCUT2D eigenvalue weighted by molar-refractivity contribution is 0.171. The first kappa shape index (κ1) is 18.3. The van der Waals surface area contributed by atoms with Crippen molar-refractivity contribution in [2.45, 2.75) is 25.8 Å². The highest BCUT2D eigenvalue weighted by atomic mass is 35.5. The van der Waals surface area contributed by atoms with Crippen LogP contribution in [-0.2, 0) is 6.54 Å². The molecule has 4 nitrogen and oxygen atoms in total. The molecule has 2 aromatic rings. The molecule has 0 aromatic carbocycles. The van der Waals surface area contributed by atoms with Gasteiger partial charge >= 0.3 is 0 Å². The van der Waals surface area contributed by atoms with Gasteiger partial charge in [-0.15, -0.1) is 23.7 Å². The van der Waals surface area contributed by atoms with Gasteiger partial charge in [0.2, 0.25) is 0 Å². The molecule has 0 saturated carbocycles. The van der Waals surface area contributed by atoms with Crippen LogP contribution in [0.1, 0.15) is 25.0 Å². The average Bonchev–Trinajstić information content (AvgIpc) is 3.04. The standard InChI is InChI=1S/C17H24N4S.ClH/c1-18-9-5-14-6-10-21(11-7-14)12-15-13-22-17(20-15)16-4-2-3-8-19-16;/h2-4,8,13-14,18H,5-7,9-12H2,1H3;1H. The van der Waals surface area contributed by atoms with Gasteiger partial charge < -0.3 is 5.32 Å². The lowest BCUT2D eigenvalue weighted by Crippen LogP contribution is -2.34. The fourth-order valence-corrected chi connectivity index (χ4v) is 3.78. The minimum atomic E-state index is 0. The molecular weight excluding hydrogens is 328 g/mol. The summed E-state index contributed by atoms with van der Waals surface area (Å²) in [5.74, 6) is 0.892. The fraction of sp³-hybridized carbons (Fsp3) is 0.529. The predicted octanol–water partition coefficient (Wildman–Crippen LogP) is 3.45. The first-order valence-electron chi connectivity index (χ1n) is 8.08. The molecule has 0 spiro atoms. The second-order valence-corrected chi connectivity index (χ2v) is 6.83. The first-order valence-corrected chi connectivity index (χ1v) is 8.96. The molecule has 1 N–H and O–H groups in total. The Bertz CT molecular complexity index is 567. The van der Waals surface area contributed by atoms with Crippen molar-refractivity contribution in [1.29, 1.82) is 0 Å². The first-order chi connectivity index (χ1) is 10.8. The van der Waals surface area contributed by atoms with Gasteiger partial charge in [-0.05, 0) is 64.0 Å². The van der Waals surface area contributed by atoms with Gasteiger partial charge in [-0.1, -0.05) is 6.07 Å². The number of pyridine rings is 1. The van der Waals surface area contributed by atoms with E-state index in [-0.39, 0.29) is 12.4 Å². The van der Waals surface area contributed by atoms with Gasteiger partial charge in [-0.2, -0.15) is 0 Å². The molecule has 3 heterocycles. The highest BCUT2D eigenvalue weighted by molar-refractivity contribution is 7.13. The number of nitrogens with zero attached hydrogens (tertiary/aromatic N) is 3. The molecule has 0 atom stereocenters. The maximum atomic E-state index is 4.75. The molecule has 0 aliphatic carbocycles. The van der Waals surface area contributed by atoms with Crippen molar-refractivity contribution in [2.75, 3.05) is 26.7 Å². The van der Waals surface area contributed by atoms with Crippen LogP contribution in [0.5, 0.6) is 0 Å². The number of hydrogen-bond donors (Lipinski definition) is 1. The molecule has 6 heteroatoms. The molecule has 126 valence electrons. The Morgan fingerprint density at radius 1 is 1.30 bits per heavy atom. The second kappa shape index (κ2) is 9.33. The van der Waals surface area contributed by atoms with Crippen LogP contribution in [0, 0.1) is 5.92 Å². The summed E-state index contributed by atoms with van der Waals surface area (Å²) in [5.41, 5.74) is 2.16. The highest BCUT2D eigenvalue weighted by Gasteiger charge is 2.19. The Labute approximate surface area is 148 Å². The molecule has 0 bridgehead atoms. The zero-order valence-electron chi connectivity index (χ0n) is 13.6. The van der Waals surface area contributed by atoms with E-state index in [0.29, 0.717) is 0 Å². The Morgan fingerprint density at radius 3 is 2.83 bits per heavy atom. The number of rotatable bonds is 6. The monoisotopic (exact) mass is 352 g/mol. The molecule has 23 heavy (non-hydrogen) atoms. The summed E-state index contributed by atoms with van der Waals surface area (Å²) in [5, 5.41) is 6.46. The molecule has 0 radical (unpaired) electrons. The van der Waals surface area contributed by atoms with Crippen molar-refractivity contribution >= 4 is 23.7 Å². The molecule has 1 aliphatic rings. The van der Waals surface area contributed by atoms with E-state index in [1.165, 1.54) is 38.0 Å². The fourth-order valence-electron chi connectivity index (χ4n) is 3.00. The topological polar surface area (TPSA) is 41.0 Å². The summed E-state index contributed by atoms with van der Waals surface area (Å²) >= 11 is 1.69. The van der Waals surface area contributed by atoms with Crippen molar-refractivity contribution in [2.24, 2.45) is 5.92 Å². The molecule has 1 fully saturated rings. The average molecular weight is 353 g/mol. The van der Waals surface area contributed by atoms with Gasteiger partial charge in [-0.25, -0.2) is 4.98 Å². The molecule has 0 unspecified atom stereocenters. The van der Waals surface area contributed by atoms with Crippen molar-refractivity contribution in [3.05, 3.63) is 35.5 Å². The SMILES string of the molecule is CNCCC1CCN(Cc2csc(-c3ccccn3)n2)CC1.Cl. The maximum Gasteiger partial charge on any atom is 0.142 e. The number of piperidine rings is 1. The van der Waals surface area contributed by atoms with Gasteiger partial charge in [0.25, 0.3) is 0 Å². The van der Waals surface area contributed by atoms with E-state index >= 15 is 0 Å². The van der Waals surface area contributed by atoms with Crippen molar-refractivity contribution in [3.63, 3.8) is 0 Å². The van der Waals surface area contributed by atoms with E-state index in [1.54, 1.807) is 11.3 Å². The zero-order chi connectivity index (χ0) is 15.2. The maximum absolute atomic E-state index is 4.75. The second-order valence-electron chi connectivity index (χ2n) is 5.97. The summed E-state index contributed by atoms with van der Waals surface area (Å²) in [6, 6.07) is 5.98. The Balaban J connectivity index is 0.00000192. The molecule has 1 aliphatic heterocycles. The lowest BCUT2D eigenvalue weighted by Gasteiger charge is -2.31. The van der Waals surface area contributed by atoms with E-state index in [1.807, 2.05) is 31.4 Å². The molecule has 0 amide bonds.